The summed E-state index contributed by atoms with van der Waals surface area (Å²) in [5, 5.41) is 11.1. The van der Waals surface area contributed by atoms with Crippen LogP contribution in [-0.2, 0) is 22.6 Å². The van der Waals surface area contributed by atoms with Crippen molar-refractivity contribution in [2.45, 2.75) is 25.9 Å². The maximum Gasteiger partial charge on any atom is 0.0964 e. The first-order chi connectivity index (χ1) is 8.88. The first-order valence-corrected chi connectivity index (χ1v) is 6.57. The maximum absolute atomic E-state index is 5.69. The molecule has 0 bridgehead atoms. The molecule has 0 radical (unpaired) electrons. The molecule has 1 saturated heterocycles. The molecular formula is C12H22N4O2. The van der Waals surface area contributed by atoms with Crippen LogP contribution in [0.3, 0.4) is 0 Å². The van der Waals surface area contributed by atoms with Gasteiger partial charge in [-0.3, -0.25) is 0 Å². The molecule has 6 heteroatoms. The molecule has 1 fully saturated rings. The predicted octanol–water partition coefficient (Wildman–Crippen LogP) is 0.441. The highest BCUT2D eigenvalue weighted by Crippen LogP contribution is 2.14. The molecule has 2 heterocycles. The topological polar surface area (TPSA) is 61.2 Å². The van der Waals surface area contributed by atoms with Crippen molar-refractivity contribution in [3.05, 3.63) is 11.9 Å². The van der Waals surface area contributed by atoms with E-state index >= 15 is 0 Å². The third-order valence-electron chi connectivity index (χ3n) is 3.10. The Morgan fingerprint density at radius 2 is 2.33 bits per heavy atom. The van der Waals surface area contributed by atoms with E-state index in [2.05, 4.69) is 15.6 Å². The Labute approximate surface area is 108 Å². The van der Waals surface area contributed by atoms with Gasteiger partial charge in [-0.05, 0) is 25.8 Å². The smallest absolute Gasteiger partial charge is 0.0964 e. The second-order valence-corrected chi connectivity index (χ2v) is 4.63. The normalized spacial score (nSPS) is 17.2. The van der Waals surface area contributed by atoms with Crippen LogP contribution in [0, 0.1) is 5.92 Å². The van der Waals surface area contributed by atoms with Gasteiger partial charge >= 0.3 is 0 Å². The van der Waals surface area contributed by atoms with Crippen molar-refractivity contribution in [3.8, 4) is 0 Å². The second-order valence-electron chi connectivity index (χ2n) is 4.63. The molecule has 1 aliphatic rings. The molecule has 0 spiro atoms. The second kappa shape index (κ2) is 7.45. The molecule has 0 amide bonds. The summed E-state index contributed by atoms with van der Waals surface area (Å²) >= 11 is 0. The number of aromatic nitrogens is 3. The Morgan fingerprint density at radius 3 is 3.11 bits per heavy atom. The zero-order valence-electron chi connectivity index (χ0n) is 11.0. The van der Waals surface area contributed by atoms with E-state index in [1.54, 1.807) is 0 Å². The van der Waals surface area contributed by atoms with Gasteiger partial charge < -0.3 is 14.8 Å². The van der Waals surface area contributed by atoms with Gasteiger partial charge in [0, 0.05) is 32.6 Å². The van der Waals surface area contributed by atoms with Crippen LogP contribution in [0.5, 0.6) is 0 Å². The van der Waals surface area contributed by atoms with E-state index in [1.807, 2.05) is 17.9 Å². The van der Waals surface area contributed by atoms with E-state index in [1.165, 1.54) is 0 Å². The summed E-state index contributed by atoms with van der Waals surface area (Å²) in [5.74, 6) is 0.661. The van der Waals surface area contributed by atoms with Crippen molar-refractivity contribution >= 4 is 0 Å². The average molecular weight is 254 g/mol. The van der Waals surface area contributed by atoms with Crippen molar-refractivity contribution in [1.82, 2.24) is 20.3 Å². The molecule has 0 aliphatic carbocycles. The number of ether oxygens (including phenoxy) is 2. The van der Waals surface area contributed by atoms with Gasteiger partial charge in [0.05, 0.1) is 18.8 Å². The molecule has 1 aromatic rings. The lowest BCUT2D eigenvalue weighted by Gasteiger charge is -2.21. The quantitative estimate of drug-likeness (QED) is 0.715. The Hall–Kier alpha value is -0.980. The highest BCUT2D eigenvalue weighted by Gasteiger charge is 2.13. The minimum Gasteiger partial charge on any atom is -0.381 e. The van der Waals surface area contributed by atoms with E-state index in [4.69, 9.17) is 9.47 Å². The fourth-order valence-corrected chi connectivity index (χ4v) is 2.03. The van der Waals surface area contributed by atoms with Crippen molar-refractivity contribution in [1.29, 1.82) is 0 Å². The summed E-state index contributed by atoms with van der Waals surface area (Å²) in [5.41, 5.74) is 0.960. The standard InChI is InChI=1S/C12H22N4O2/c1-13-8-12-9-16(15-14-12)4-7-18-10-11-2-5-17-6-3-11/h9,11,13H,2-8,10H2,1H3. The lowest BCUT2D eigenvalue weighted by atomic mass is 10.0. The van der Waals surface area contributed by atoms with E-state index < -0.39 is 0 Å². The molecule has 102 valence electrons. The summed E-state index contributed by atoms with van der Waals surface area (Å²) in [7, 11) is 1.90. The molecule has 1 aliphatic heterocycles. The fraction of sp³-hybridized carbons (Fsp3) is 0.833. The lowest BCUT2D eigenvalue weighted by Crippen LogP contribution is -2.21. The third-order valence-corrected chi connectivity index (χ3v) is 3.10. The van der Waals surface area contributed by atoms with Gasteiger partial charge in [0.1, 0.15) is 0 Å². The van der Waals surface area contributed by atoms with Gasteiger partial charge in [0.25, 0.3) is 0 Å². The van der Waals surface area contributed by atoms with Crippen LogP contribution in [0.1, 0.15) is 18.5 Å². The monoisotopic (exact) mass is 254 g/mol. The highest BCUT2D eigenvalue weighted by atomic mass is 16.5. The van der Waals surface area contributed by atoms with Gasteiger partial charge in [-0.25, -0.2) is 4.68 Å². The van der Waals surface area contributed by atoms with Crippen LogP contribution in [0.15, 0.2) is 6.20 Å². The zero-order valence-corrected chi connectivity index (χ0v) is 11.0. The van der Waals surface area contributed by atoms with E-state index in [-0.39, 0.29) is 0 Å². The minimum absolute atomic E-state index is 0.661. The van der Waals surface area contributed by atoms with Crippen LogP contribution in [0.25, 0.3) is 0 Å². The average Bonchev–Trinajstić information content (AvgIpc) is 2.84. The van der Waals surface area contributed by atoms with Gasteiger partial charge in [-0.15, -0.1) is 5.10 Å². The third kappa shape index (κ3) is 4.36. The Balaban J connectivity index is 1.59. The first kappa shape index (κ1) is 13.5. The number of hydrogen-bond donors (Lipinski definition) is 1. The Morgan fingerprint density at radius 1 is 1.50 bits per heavy atom. The molecule has 18 heavy (non-hydrogen) atoms. The molecule has 0 saturated carbocycles. The van der Waals surface area contributed by atoms with Crippen LogP contribution < -0.4 is 5.32 Å². The predicted molar refractivity (Wildman–Crippen MR) is 67.1 cm³/mol. The highest BCUT2D eigenvalue weighted by molar-refractivity contribution is 4.90. The van der Waals surface area contributed by atoms with Gasteiger partial charge in [-0.1, -0.05) is 5.21 Å². The number of nitrogens with one attached hydrogen (secondary N) is 1. The van der Waals surface area contributed by atoms with Crippen molar-refractivity contribution in [2.24, 2.45) is 5.92 Å². The van der Waals surface area contributed by atoms with Crippen LogP contribution >= 0.6 is 0 Å². The largest absolute Gasteiger partial charge is 0.381 e. The summed E-state index contributed by atoms with van der Waals surface area (Å²) in [4.78, 5) is 0. The SMILES string of the molecule is CNCc1cn(CCOCC2CCOCC2)nn1. The number of rotatable bonds is 7. The van der Waals surface area contributed by atoms with E-state index in [0.29, 0.717) is 12.5 Å². The van der Waals surface area contributed by atoms with Crippen LogP contribution in [0.4, 0.5) is 0 Å². The Bertz CT molecular complexity index is 337. The van der Waals surface area contributed by atoms with Crippen molar-refractivity contribution in [2.75, 3.05) is 33.5 Å². The fourth-order valence-electron chi connectivity index (χ4n) is 2.03. The molecule has 0 unspecified atom stereocenters. The minimum atomic E-state index is 0.661. The van der Waals surface area contributed by atoms with Gasteiger partial charge in [0.2, 0.25) is 0 Å². The number of hydrogen-bond acceptors (Lipinski definition) is 5. The zero-order chi connectivity index (χ0) is 12.6. The van der Waals surface area contributed by atoms with Crippen molar-refractivity contribution in [3.63, 3.8) is 0 Å². The Kier molecular flexibility index (Phi) is 5.57. The first-order valence-electron chi connectivity index (χ1n) is 6.57. The molecule has 6 nitrogen and oxygen atoms in total. The summed E-state index contributed by atoms with van der Waals surface area (Å²) in [6, 6.07) is 0. The van der Waals surface area contributed by atoms with E-state index in [9.17, 15) is 0 Å². The lowest BCUT2D eigenvalue weighted by molar-refractivity contribution is 0.0183. The summed E-state index contributed by atoms with van der Waals surface area (Å²) in [6.45, 7) is 4.80. The number of nitrogens with zero attached hydrogens (tertiary/aromatic N) is 3. The molecule has 0 aromatic carbocycles. The molecular weight excluding hydrogens is 232 g/mol. The van der Waals surface area contributed by atoms with Gasteiger partial charge in [0.15, 0.2) is 0 Å². The van der Waals surface area contributed by atoms with Crippen LogP contribution in [0.2, 0.25) is 0 Å². The van der Waals surface area contributed by atoms with Crippen molar-refractivity contribution < 1.29 is 9.47 Å². The molecule has 0 atom stereocenters. The molecule has 2 rings (SSSR count). The van der Waals surface area contributed by atoms with Gasteiger partial charge in [-0.2, -0.15) is 0 Å². The molecule has 1 aromatic heterocycles. The summed E-state index contributed by atoms with van der Waals surface area (Å²) < 4.78 is 12.8. The summed E-state index contributed by atoms with van der Waals surface area (Å²) in [6.07, 6.45) is 4.19. The molecule has 1 N–H and O–H groups in total. The van der Waals surface area contributed by atoms with E-state index in [0.717, 1.165) is 51.4 Å². The maximum atomic E-state index is 5.69. The van der Waals surface area contributed by atoms with Crippen LogP contribution in [-0.4, -0.2) is 48.5 Å².